The first-order valence-corrected chi connectivity index (χ1v) is 4.89. The van der Waals surface area contributed by atoms with Crippen molar-refractivity contribution in [3.8, 4) is 0 Å². The van der Waals surface area contributed by atoms with Crippen molar-refractivity contribution in [2.75, 3.05) is 6.61 Å². The third kappa shape index (κ3) is 7.78. The predicted molar refractivity (Wildman–Crippen MR) is 51.5 cm³/mol. The molecule has 2 N–H and O–H groups in total. The van der Waals surface area contributed by atoms with Crippen LogP contribution in [0.15, 0.2) is 0 Å². The molecule has 13 heavy (non-hydrogen) atoms. The molecule has 0 bridgehead atoms. The second-order valence-electron chi connectivity index (χ2n) is 3.95. The van der Waals surface area contributed by atoms with Crippen LogP contribution in [0.1, 0.15) is 39.5 Å². The van der Waals surface area contributed by atoms with Crippen LogP contribution < -0.4 is 0 Å². The molecule has 1 atom stereocenters. The van der Waals surface area contributed by atoms with Crippen molar-refractivity contribution in [1.29, 1.82) is 0 Å². The number of hydrogen-bond donors (Lipinski definition) is 2. The van der Waals surface area contributed by atoms with E-state index in [4.69, 9.17) is 10.2 Å². The maximum absolute atomic E-state index is 10.4. The summed E-state index contributed by atoms with van der Waals surface area (Å²) < 4.78 is 0. The van der Waals surface area contributed by atoms with E-state index in [2.05, 4.69) is 13.8 Å². The number of aliphatic hydroxyl groups is 1. The lowest BCUT2D eigenvalue weighted by molar-refractivity contribution is -0.138. The third-order valence-corrected chi connectivity index (χ3v) is 2.15. The van der Waals surface area contributed by atoms with Crippen LogP contribution in [0.25, 0.3) is 0 Å². The average Bonchev–Trinajstić information content (AvgIpc) is 1.99. The Labute approximate surface area is 79.8 Å². The highest BCUT2D eigenvalue weighted by Gasteiger charge is 2.12. The molecule has 3 heteroatoms. The molecule has 0 fully saturated rings. The van der Waals surface area contributed by atoms with Crippen LogP contribution in [-0.2, 0) is 4.79 Å². The van der Waals surface area contributed by atoms with E-state index in [0.717, 1.165) is 12.8 Å². The van der Waals surface area contributed by atoms with Gasteiger partial charge in [0.2, 0.25) is 0 Å². The Morgan fingerprint density at radius 1 is 1.23 bits per heavy atom. The van der Waals surface area contributed by atoms with Gasteiger partial charge in [-0.25, -0.2) is 0 Å². The maximum Gasteiger partial charge on any atom is 0.303 e. The zero-order chi connectivity index (χ0) is 10.3. The summed E-state index contributed by atoms with van der Waals surface area (Å²) in [4.78, 5) is 10.4. The topological polar surface area (TPSA) is 57.5 Å². The minimum Gasteiger partial charge on any atom is -0.481 e. The number of aliphatic carboxylic acids is 1. The van der Waals surface area contributed by atoms with Crippen molar-refractivity contribution in [2.24, 2.45) is 11.8 Å². The summed E-state index contributed by atoms with van der Waals surface area (Å²) in [5.74, 6) is -0.0120. The normalized spacial score (nSPS) is 13.2. The zero-order valence-electron chi connectivity index (χ0n) is 8.49. The fraction of sp³-hybridized carbons (Fsp3) is 0.900. The Kier molecular flexibility index (Phi) is 6.59. The van der Waals surface area contributed by atoms with E-state index in [-0.39, 0.29) is 18.9 Å². The molecule has 0 rings (SSSR count). The van der Waals surface area contributed by atoms with Crippen molar-refractivity contribution >= 4 is 5.97 Å². The molecule has 0 aromatic carbocycles. The molecule has 0 amide bonds. The van der Waals surface area contributed by atoms with Gasteiger partial charge in [-0.2, -0.15) is 0 Å². The summed E-state index contributed by atoms with van der Waals surface area (Å²) in [6.45, 7) is 4.34. The Bertz CT molecular complexity index is 143. The lowest BCUT2D eigenvalue weighted by Gasteiger charge is -2.14. The van der Waals surface area contributed by atoms with E-state index in [9.17, 15) is 4.79 Å². The van der Waals surface area contributed by atoms with Crippen molar-refractivity contribution in [1.82, 2.24) is 0 Å². The maximum atomic E-state index is 10.4. The summed E-state index contributed by atoms with van der Waals surface area (Å²) in [5.41, 5.74) is 0. The predicted octanol–water partition coefficient (Wildman–Crippen LogP) is 1.90. The summed E-state index contributed by atoms with van der Waals surface area (Å²) >= 11 is 0. The molecule has 0 heterocycles. The van der Waals surface area contributed by atoms with Crippen LogP contribution in [-0.4, -0.2) is 22.8 Å². The molecule has 0 saturated carbocycles. The van der Waals surface area contributed by atoms with Crippen LogP contribution in [0.3, 0.4) is 0 Å². The molecule has 0 aliphatic rings. The fourth-order valence-corrected chi connectivity index (χ4v) is 1.35. The van der Waals surface area contributed by atoms with Gasteiger partial charge in [0.15, 0.2) is 0 Å². The zero-order valence-corrected chi connectivity index (χ0v) is 8.49. The largest absolute Gasteiger partial charge is 0.481 e. The second kappa shape index (κ2) is 6.89. The van der Waals surface area contributed by atoms with E-state index in [1.807, 2.05) is 0 Å². The SMILES string of the molecule is CC(C)CCC(CCO)CC(=O)O. The first kappa shape index (κ1) is 12.4. The van der Waals surface area contributed by atoms with E-state index >= 15 is 0 Å². The molecule has 1 unspecified atom stereocenters. The highest BCUT2D eigenvalue weighted by molar-refractivity contribution is 5.66. The molecule has 0 saturated heterocycles. The minimum absolute atomic E-state index is 0.0933. The second-order valence-corrected chi connectivity index (χ2v) is 3.95. The average molecular weight is 188 g/mol. The van der Waals surface area contributed by atoms with Crippen LogP contribution in [0.5, 0.6) is 0 Å². The minimum atomic E-state index is -0.762. The number of hydrogen-bond acceptors (Lipinski definition) is 2. The van der Waals surface area contributed by atoms with Gasteiger partial charge >= 0.3 is 5.97 Å². The summed E-state index contributed by atoms with van der Waals surface area (Å²) in [6.07, 6.45) is 2.74. The Morgan fingerprint density at radius 2 is 1.85 bits per heavy atom. The van der Waals surface area contributed by atoms with Gasteiger partial charge in [-0.1, -0.05) is 20.3 Å². The number of carbonyl (C=O) groups is 1. The van der Waals surface area contributed by atoms with E-state index < -0.39 is 5.97 Å². The molecule has 78 valence electrons. The monoisotopic (exact) mass is 188 g/mol. The van der Waals surface area contributed by atoms with Gasteiger partial charge in [0.05, 0.1) is 0 Å². The van der Waals surface area contributed by atoms with Gasteiger partial charge in [-0.3, -0.25) is 4.79 Å². The van der Waals surface area contributed by atoms with Crippen molar-refractivity contribution in [3.63, 3.8) is 0 Å². The molecule has 0 radical (unpaired) electrons. The Balaban J connectivity index is 3.72. The van der Waals surface area contributed by atoms with Crippen molar-refractivity contribution in [2.45, 2.75) is 39.5 Å². The third-order valence-electron chi connectivity index (χ3n) is 2.15. The molecule has 0 aliphatic heterocycles. The molecular weight excluding hydrogens is 168 g/mol. The van der Waals surface area contributed by atoms with Crippen LogP contribution in [0.2, 0.25) is 0 Å². The highest BCUT2D eigenvalue weighted by atomic mass is 16.4. The molecule has 0 aliphatic carbocycles. The van der Waals surface area contributed by atoms with Gasteiger partial charge < -0.3 is 10.2 Å². The van der Waals surface area contributed by atoms with E-state index in [0.29, 0.717) is 12.3 Å². The first-order chi connectivity index (χ1) is 6.06. The standard InChI is InChI=1S/C10H20O3/c1-8(2)3-4-9(5-6-11)7-10(12)13/h8-9,11H,3-7H2,1-2H3,(H,12,13). The molecule has 0 aromatic rings. The quantitative estimate of drug-likeness (QED) is 0.641. The molecule has 0 spiro atoms. The number of aliphatic hydroxyl groups excluding tert-OH is 1. The Morgan fingerprint density at radius 3 is 2.23 bits per heavy atom. The number of carboxylic acid groups (broad SMARTS) is 1. The van der Waals surface area contributed by atoms with Crippen molar-refractivity contribution in [3.05, 3.63) is 0 Å². The van der Waals surface area contributed by atoms with E-state index in [1.54, 1.807) is 0 Å². The van der Waals surface area contributed by atoms with Gasteiger partial charge in [0, 0.05) is 13.0 Å². The fourth-order valence-electron chi connectivity index (χ4n) is 1.35. The molecule has 0 aromatic heterocycles. The number of carboxylic acids is 1. The van der Waals surface area contributed by atoms with Gasteiger partial charge in [-0.05, 0) is 24.7 Å². The lowest BCUT2D eigenvalue weighted by atomic mass is 9.93. The molecular formula is C10H20O3. The lowest BCUT2D eigenvalue weighted by Crippen LogP contribution is -2.10. The van der Waals surface area contributed by atoms with Gasteiger partial charge in [0.1, 0.15) is 0 Å². The van der Waals surface area contributed by atoms with Gasteiger partial charge in [-0.15, -0.1) is 0 Å². The van der Waals surface area contributed by atoms with Crippen LogP contribution >= 0.6 is 0 Å². The smallest absolute Gasteiger partial charge is 0.303 e. The van der Waals surface area contributed by atoms with E-state index in [1.165, 1.54) is 0 Å². The first-order valence-electron chi connectivity index (χ1n) is 4.89. The van der Waals surface area contributed by atoms with Crippen LogP contribution in [0, 0.1) is 11.8 Å². The molecule has 3 nitrogen and oxygen atoms in total. The van der Waals surface area contributed by atoms with Crippen molar-refractivity contribution < 1.29 is 15.0 Å². The Hall–Kier alpha value is -0.570. The van der Waals surface area contributed by atoms with Crippen LogP contribution in [0.4, 0.5) is 0 Å². The summed E-state index contributed by atoms with van der Waals surface area (Å²) in [6, 6.07) is 0. The van der Waals surface area contributed by atoms with Gasteiger partial charge in [0.25, 0.3) is 0 Å². The highest BCUT2D eigenvalue weighted by Crippen LogP contribution is 2.18. The summed E-state index contributed by atoms with van der Waals surface area (Å²) in [5, 5.41) is 17.3. The number of rotatable bonds is 7. The summed E-state index contributed by atoms with van der Waals surface area (Å²) in [7, 11) is 0.